The van der Waals surface area contributed by atoms with Gasteiger partial charge in [0.05, 0.1) is 0 Å². The van der Waals surface area contributed by atoms with E-state index in [1.165, 1.54) is 33.4 Å². The number of rotatable bonds is 8. The molecule has 0 unspecified atom stereocenters. The molecule has 0 saturated heterocycles. The Kier molecular flexibility index (Phi) is 8.71. The van der Waals surface area contributed by atoms with E-state index in [9.17, 15) is 0 Å². The van der Waals surface area contributed by atoms with Crippen LogP contribution >= 0.6 is 0 Å². The Morgan fingerprint density at radius 3 is 1.24 bits per heavy atom. The van der Waals surface area contributed by atoms with E-state index in [0.29, 0.717) is 0 Å². The Balaban J connectivity index is 1.35. The van der Waals surface area contributed by atoms with Crippen LogP contribution in [0.15, 0.2) is 121 Å². The number of allylic oxidation sites excluding steroid dienone is 2. The van der Waals surface area contributed by atoms with Crippen molar-refractivity contribution in [1.29, 1.82) is 0 Å². The first-order chi connectivity index (χ1) is 16.9. The minimum atomic E-state index is 1.03. The first-order valence-corrected chi connectivity index (χ1v) is 12.0. The van der Waals surface area contributed by atoms with Gasteiger partial charge < -0.3 is 0 Å². The summed E-state index contributed by atoms with van der Waals surface area (Å²) in [5.41, 5.74) is 7.93. The first-order valence-electron chi connectivity index (χ1n) is 12.0. The van der Waals surface area contributed by atoms with Crippen molar-refractivity contribution in [3.8, 4) is 11.8 Å². The fraction of sp³-hybridized carbons (Fsp3) is 0.118. The van der Waals surface area contributed by atoms with Crippen molar-refractivity contribution in [2.45, 2.75) is 25.7 Å². The average Bonchev–Trinajstić information content (AvgIpc) is 2.90. The molecule has 0 amide bonds. The van der Waals surface area contributed by atoms with Crippen LogP contribution in [0.5, 0.6) is 0 Å². The number of benzene rings is 4. The Hall–Kier alpha value is -4.08. The maximum atomic E-state index is 3.17. The van der Waals surface area contributed by atoms with Crippen molar-refractivity contribution in [3.05, 3.63) is 155 Å². The largest absolute Gasteiger partial charge is 0.0702 e. The van der Waals surface area contributed by atoms with Crippen molar-refractivity contribution >= 4 is 12.2 Å². The van der Waals surface area contributed by atoms with Crippen LogP contribution in [-0.2, 0) is 25.7 Å². The molecule has 34 heavy (non-hydrogen) atoms. The van der Waals surface area contributed by atoms with Crippen LogP contribution in [0, 0.1) is 11.8 Å². The molecule has 0 fully saturated rings. The molecule has 0 aliphatic carbocycles. The van der Waals surface area contributed by atoms with Crippen LogP contribution in [0.4, 0.5) is 0 Å². The summed E-state index contributed by atoms with van der Waals surface area (Å²) in [5.74, 6) is 6.33. The zero-order valence-corrected chi connectivity index (χ0v) is 19.5. The molecule has 4 aromatic rings. The lowest BCUT2D eigenvalue weighted by Gasteiger charge is -2.06. The third kappa shape index (κ3) is 7.22. The molecule has 4 rings (SSSR count). The van der Waals surface area contributed by atoms with Crippen molar-refractivity contribution in [2.24, 2.45) is 0 Å². The summed E-state index contributed by atoms with van der Waals surface area (Å²) in [7, 11) is 0. The zero-order chi connectivity index (χ0) is 23.3. The van der Waals surface area contributed by atoms with Crippen LogP contribution in [0.25, 0.3) is 12.2 Å². The van der Waals surface area contributed by atoms with Crippen molar-refractivity contribution < 1.29 is 0 Å². The molecule has 0 heteroatoms. The Morgan fingerprint density at radius 1 is 0.412 bits per heavy atom. The monoisotopic (exact) mass is 438 g/mol. The zero-order valence-electron chi connectivity index (χ0n) is 19.5. The van der Waals surface area contributed by atoms with Crippen LogP contribution in [0.3, 0.4) is 0 Å². The molecule has 0 heterocycles. The van der Waals surface area contributed by atoms with Gasteiger partial charge in [-0.15, -0.1) is 0 Å². The van der Waals surface area contributed by atoms with Gasteiger partial charge >= 0.3 is 0 Å². The van der Waals surface area contributed by atoms with Gasteiger partial charge in [0.15, 0.2) is 0 Å². The smallest absolute Gasteiger partial charge is 0.0109 e. The average molecular weight is 439 g/mol. The Morgan fingerprint density at radius 2 is 0.794 bits per heavy atom. The topological polar surface area (TPSA) is 0 Å². The van der Waals surface area contributed by atoms with Crippen molar-refractivity contribution in [3.63, 3.8) is 0 Å². The predicted octanol–water partition coefficient (Wildman–Crippen LogP) is 7.99. The molecule has 0 radical (unpaired) electrons. The summed E-state index contributed by atoms with van der Waals surface area (Å²) in [5, 5.41) is 0. The van der Waals surface area contributed by atoms with Gasteiger partial charge in [-0.3, -0.25) is 0 Å². The number of hydrogen-bond acceptors (Lipinski definition) is 0. The molecule has 0 N–H and O–H groups in total. The molecular formula is C34H30. The first kappa shape index (κ1) is 23.1. The second-order valence-corrected chi connectivity index (χ2v) is 8.32. The summed E-state index contributed by atoms with van der Waals surface area (Å²) in [4.78, 5) is 0. The van der Waals surface area contributed by atoms with Gasteiger partial charge in [-0.05, 0) is 83.4 Å². The van der Waals surface area contributed by atoms with Gasteiger partial charge in [-0.25, -0.2) is 0 Å². The lowest BCUT2D eigenvalue weighted by atomic mass is 9.99. The summed E-state index contributed by atoms with van der Waals surface area (Å²) in [6, 6.07) is 38.5. The third-order valence-electron chi connectivity index (χ3n) is 5.94. The molecule has 0 bridgehead atoms. The Bertz CT molecular complexity index is 1180. The van der Waals surface area contributed by atoms with E-state index in [-0.39, 0.29) is 0 Å². The quantitative estimate of drug-likeness (QED) is 0.245. The van der Waals surface area contributed by atoms with Gasteiger partial charge in [-0.2, -0.15) is 0 Å². The van der Waals surface area contributed by atoms with E-state index in [1.807, 2.05) is 12.2 Å². The highest BCUT2D eigenvalue weighted by Gasteiger charge is 2.01. The fourth-order valence-electron chi connectivity index (χ4n) is 4.06. The van der Waals surface area contributed by atoms with E-state index in [1.54, 1.807) is 0 Å². The normalized spacial score (nSPS) is 10.9. The molecule has 0 aliphatic rings. The molecule has 0 nitrogen and oxygen atoms in total. The van der Waals surface area contributed by atoms with Crippen LogP contribution < -0.4 is 0 Å². The lowest BCUT2D eigenvalue weighted by molar-refractivity contribution is 0.957. The highest BCUT2D eigenvalue weighted by molar-refractivity contribution is 5.59. The molecule has 0 aromatic heterocycles. The summed E-state index contributed by atoms with van der Waals surface area (Å²) < 4.78 is 0. The SMILES string of the molecule is C(#CC=Cc1ccccc1CCc1ccccc1)C=Cc1ccccc1CCc1ccccc1. The lowest BCUT2D eigenvalue weighted by Crippen LogP contribution is -1.93. The highest BCUT2D eigenvalue weighted by atomic mass is 14.1. The van der Waals surface area contributed by atoms with E-state index in [0.717, 1.165) is 25.7 Å². The molecule has 0 aliphatic heterocycles. The maximum absolute atomic E-state index is 3.17. The van der Waals surface area contributed by atoms with Gasteiger partial charge in [0.2, 0.25) is 0 Å². The third-order valence-corrected chi connectivity index (χ3v) is 5.94. The minimum absolute atomic E-state index is 1.03. The van der Waals surface area contributed by atoms with Crippen LogP contribution in [-0.4, -0.2) is 0 Å². The van der Waals surface area contributed by atoms with Crippen molar-refractivity contribution in [2.75, 3.05) is 0 Å². The Labute approximate surface area is 204 Å². The van der Waals surface area contributed by atoms with Gasteiger partial charge in [0.1, 0.15) is 0 Å². The predicted molar refractivity (Wildman–Crippen MR) is 146 cm³/mol. The van der Waals surface area contributed by atoms with Gasteiger partial charge in [0, 0.05) is 0 Å². The van der Waals surface area contributed by atoms with Gasteiger partial charge in [0.25, 0.3) is 0 Å². The highest BCUT2D eigenvalue weighted by Crippen LogP contribution is 2.15. The molecule has 0 spiro atoms. The summed E-state index contributed by atoms with van der Waals surface area (Å²) in [6.45, 7) is 0. The van der Waals surface area contributed by atoms with Crippen LogP contribution in [0.2, 0.25) is 0 Å². The second-order valence-electron chi connectivity index (χ2n) is 8.32. The summed E-state index contributed by atoms with van der Waals surface area (Å²) >= 11 is 0. The van der Waals surface area contributed by atoms with E-state index in [4.69, 9.17) is 0 Å². The summed E-state index contributed by atoms with van der Waals surface area (Å²) in [6.07, 6.45) is 12.3. The molecular weight excluding hydrogens is 408 g/mol. The maximum Gasteiger partial charge on any atom is -0.0109 e. The van der Waals surface area contributed by atoms with E-state index < -0.39 is 0 Å². The number of hydrogen-bond donors (Lipinski definition) is 0. The van der Waals surface area contributed by atoms with E-state index >= 15 is 0 Å². The minimum Gasteiger partial charge on any atom is -0.0702 e. The molecule has 0 saturated carbocycles. The molecule has 0 atom stereocenters. The number of aryl methyl sites for hydroxylation is 4. The van der Waals surface area contributed by atoms with Crippen molar-refractivity contribution in [1.82, 2.24) is 0 Å². The van der Waals surface area contributed by atoms with Crippen LogP contribution in [0.1, 0.15) is 33.4 Å². The fourth-order valence-corrected chi connectivity index (χ4v) is 4.06. The molecule has 166 valence electrons. The second kappa shape index (κ2) is 12.8. The molecule has 4 aromatic carbocycles. The van der Waals surface area contributed by atoms with E-state index in [2.05, 4.69) is 133 Å². The standard InChI is InChI=1S/C34H30/c1(9-19-31-21-11-13-23-33(31)27-25-29-15-5-3-6-16-29)2-10-20-32-22-12-14-24-34(32)28-26-30-17-7-4-8-18-30/h3-24H,25-28H2. The van der Waals surface area contributed by atoms with Gasteiger partial charge in [-0.1, -0.05) is 121 Å².